The van der Waals surface area contributed by atoms with E-state index in [0.29, 0.717) is 0 Å². The number of hydrogen-bond donors (Lipinski definition) is 2. The third kappa shape index (κ3) is 4.80. The summed E-state index contributed by atoms with van der Waals surface area (Å²) in [6, 6.07) is 9.58. The van der Waals surface area contributed by atoms with Crippen molar-refractivity contribution in [1.82, 2.24) is 4.72 Å². The minimum Gasteiger partial charge on any atom is -0.396 e. The van der Waals surface area contributed by atoms with Gasteiger partial charge in [-0.05, 0) is 30.2 Å². The van der Waals surface area contributed by atoms with E-state index < -0.39 is 10.0 Å². The van der Waals surface area contributed by atoms with Crippen LogP contribution in [0.3, 0.4) is 0 Å². The van der Waals surface area contributed by atoms with Crippen LogP contribution in [-0.2, 0) is 10.0 Å². The second kappa shape index (κ2) is 7.38. The number of hydrogen-bond acceptors (Lipinski definition) is 3. The molecule has 2 N–H and O–H groups in total. The van der Waals surface area contributed by atoms with Crippen molar-refractivity contribution in [2.24, 2.45) is 5.92 Å². The zero-order valence-corrected chi connectivity index (χ0v) is 13.3. The summed E-state index contributed by atoms with van der Waals surface area (Å²) in [5.74, 6) is 0.103. The third-order valence-corrected chi connectivity index (χ3v) is 5.91. The summed E-state index contributed by atoms with van der Waals surface area (Å²) in [5, 5.41) is 9.38. The molecule has 0 aromatic heterocycles. The molecule has 0 spiro atoms. The fraction of sp³-hybridized carbons (Fsp3) is 0.625. The number of nitrogens with one attached hydrogen (secondary N) is 1. The zero-order chi connectivity index (χ0) is 15.3. The number of aliphatic hydroxyl groups excluding tert-OH is 1. The van der Waals surface area contributed by atoms with Gasteiger partial charge in [0.25, 0.3) is 0 Å². The van der Waals surface area contributed by atoms with Crippen molar-refractivity contribution >= 4 is 10.0 Å². The fourth-order valence-electron chi connectivity index (χ4n) is 3.07. The molecule has 0 amide bonds. The van der Waals surface area contributed by atoms with E-state index >= 15 is 0 Å². The Labute approximate surface area is 127 Å². The first-order valence-electron chi connectivity index (χ1n) is 7.67. The predicted molar refractivity (Wildman–Crippen MR) is 84.6 cm³/mol. The molecule has 0 aliphatic heterocycles. The maximum absolute atomic E-state index is 12.4. The standard InChI is InChI=1S/C16H25NO3S/c1-13(14-7-3-2-4-8-14)12-21(19,20)17-16-10-6-5-9-15(16)11-18/h2-4,7-8,13,15-18H,5-6,9-12H2,1H3. The van der Waals surface area contributed by atoms with Crippen LogP contribution in [0, 0.1) is 5.92 Å². The van der Waals surface area contributed by atoms with E-state index in [2.05, 4.69) is 4.72 Å². The zero-order valence-electron chi connectivity index (χ0n) is 12.5. The Morgan fingerprint density at radius 1 is 1.24 bits per heavy atom. The van der Waals surface area contributed by atoms with Gasteiger partial charge in [-0.15, -0.1) is 0 Å². The van der Waals surface area contributed by atoms with Crippen LogP contribution in [0.2, 0.25) is 0 Å². The van der Waals surface area contributed by atoms with Crippen LogP contribution in [-0.4, -0.2) is 31.9 Å². The average Bonchev–Trinajstić information content (AvgIpc) is 2.47. The Bertz CT molecular complexity index is 530. The minimum atomic E-state index is -3.33. The van der Waals surface area contributed by atoms with E-state index in [1.54, 1.807) is 0 Å². The van der Waals surface area contributed by atoms with Gasteiger partial charge in [0.15, 0.2) is 0 Å². The van der Waals surface area contributed by atoms with Gasteiger partial charge >= 0.3 is 0 Å². The molecule has 118 valence electrons. The average molecular weight is 311 g/mol. The van der Waals surface area contributed by atoms with Crippen LogP contribution < -0.4 is 4.72 Å². The Kier molecular flexibility index (Phi) is 5.79. The van der Waals surface area contributed by atoms with Gasteiger partial charge in [0.05, 0.1) is 5.75 Å². The molecule has 3 unspecified atom stereocenters. The molecular weight excluding hydrogens is 286 g/mol. The van der Waals surface area contributed by atoms with E-state index in [4.69, 9.17) is 0 Å². The lowest BCUT2D eigenvalue weighted by molar-refractivity contribution is 0.164. The summed E-state index contributed by atoms with van der Waals surface area (Å²) in [6.45, 7) is 1.99. The van der Waals surface area contributed by atoms with Gasteiger partial charge in [-0.25, -0.2) is 13.1 Å². The first-order valence-corrected chi connectivity index (χ1v) is 9.33. The topological polar surface area (TPSA) is 66.4 Å². The molecule has 0 heterocycles. The molecule has 0 bridgehead atoms. The number of benzene rings is 1. The summed E-state index contributed by atoms with van der Waals surface area (Å²) in [5.41, 5.74) is 1.03. The smallest absolute Gasteiger partial charge is 0.212 e. The van der Waals surface area contributed by atoms with Gasteiger partial charge in [-0.2, -0.15) is 0 Å². The second-order valence-corrected chi connectivity index (χ2v) is 7.84. The van der Waals surface area contributed by atoms with Crippen molar-refractivity contribution in [3.05, 3.63) is 35.9 Å². The molecule has 5 heteroatoms. The highest BCUT2D eigenvalue weighted by atomic mass is 32.2. The van der Waals surface area contributed by atoms with E-state index in [-0.39, 0.29) is 30.2 Å². The monoisotopic (exact) mass is 311 g/mol. The van der Waals surface area contributed by atoms with Gasteiger partial charge < -0.3 is 5.11 Å². The highest BCUT2D eigenvalue weighted by Gasteiger charge is 2.29. The van der Waals surface area contributed by atoms with Crippen molar-refractivity contribution in [2.45, 2.75) is 44.6 Å². The normalized spacial score (nSPS) is 24.7. The lowest BCUT2D eigenvalue weighted by Crippen LogP contribution is -2.44. The van der Waals surface area contributed by atoms with Crippen LogP contribution in [0.4, 0.5) is 0 Å². The summed E-state index contributed by atoms with van der Waals surface area (Å²) in [4.78, 5) is 0. The molecule has 3 atom stereocenters. The molecule has 4 nitrogen and oxygen atoms in total. The SMILES string of the molecule is CC(CS(=O)(=O)NC1CCCCC1CO)c1ccccc1. The third-order valence-electron chi connectivity index (χ3n) is 4.31. The van der Waals surface area contributed by atoms with Gasteiger partial charge in [-0.1, -0.05) is 50.1 Å². The highest BCUT2D eigenvalue weighted by molar-refractivity contribution is 7.89. The maximum atomic E-state index is 12.4. The summed E-state index contributed by atoms with van der Waals surface area (Å²) < 4.78 is 27.5. The quantitative estimate of drug-likeness (QED) is 0.847. The minimum absolute atomic E-state index is 0.0418. The van der Waals surface area contributed by atoms with Crippen molar-refractivity contribution in [3.63, 3.8) is 0 Å². The maximum Gasteiger partial charge on any atom is 0.212 e. The number of sulfonamides is 1. The van der Waals surface area contributed by atoms with E-state index in [9.17, 15) is 13.5 Å². The first kappa shape index (κ1) is 16.5. The summed E-state index contributed by atoms with van der Waals surface area (Å²) >= 11 is 0. The largest absolute Gasteiger partial charge is 0.396 e. The van der Waals surface area contributed by atoms with Gasteiger partial charge in [0.1, 0.15) is 0 Å². The Balaban J connectivity index is 1.98. The first-order chi connectivity index (χ1) is 10.0. The summed E-state index contributed by atoms with van der Waals surface area (Å²) in [6.07, 6.45) is 3.82. The molecule has 21 heavy (non-hydrogen) atoms. The van der Waals surface area contributed by atoms with Crippen LogP contribution >= 0.6 is 0 Å². The lowest BCUT2D eigenvalue weighted by atomic mass is 9.86. The van der Waals surface area contributed by atoms with Crippen LogP contribution in [0.5, 0.6) is 0 Å². The van der Waals surface area contributed by atoms with Crippen LogP contribution in [0.25, 0.3) is 0 Å². The molecule has 0 saturated heterocycles. The van der Waals surface area contributed by atoms with Gasteiger partial charge in [0.2, 0.25) is 10.0 Å². The Morgan fingerprint density at radius 2 is 1.90 bits per heavy atom. The molecule has 1 aromatic rings. The van der Waals surface area contributed by atoms with E-state index in [1.165, 1.54) is 0 Å². The predicted octanol–water partition coefficient (Wildman–Crippen LogP) is 2.26. The Hall–Kier alpha value is -0.910. The molecule has 1 aromatic carbocycles. The highest BCUT2D eigenvalue weighted by Crippen LogP contribution is 2.25. The van der Waals surface area contributed by atoms with Crippen molar-refractivity contribution < 1.29 is 13.5 Å². The second-order valence-electron chi connectivity index (χ2n) is 6.04. The van der Waals surface area contributed by atoms with Crippen molar-refractivity contribution in [2.75, 3.05) is 12.4 Å². The molecule has 2 rings (SSSR count). The van der Waals surface area contributed by atoms with Gasteiger partial charge in [0, 0.05) is 12.6 Å². The number of aliphatic hydroxyl groups is 1. The van der Waals surface area contributed by atoms with Gasteiger partial charge in [-0.3, -0.25) is 0 Å². The molecule has 0 radical (unpaired) electrons. The summed E-state index contributed by atoms with van der Waals surface area (Å²) in [7, 11) is -3.33. The van der Waals surface area contributed by atoms with Crippen LogP contribution in [0.15, 0.2) is 30.3 Å². The molecule has 1 saturated carbocycles. The molecule has 1 fully saturated rings. The Morgan fingerprint density at radius 3 is 2.57 bits per heavy atom. The fourth-order valence-corrected chi connectivity index (χ4v) is 4.79. The van der Waals surface area contributed by atoms with Crippen LogP contribution in [0.1, 0.15) is 44.1 Å². The molecular formula is C16H25NO3S. The molecule has 1 aliphatic carbocycles. The number of rotatable bonds is 6. The van der Waals surface area contributed by atoms with Crippen molar-refractivity contribution in [3.8, 4) is 0 Å². The van der Waals surface area contributed by atoms with E-state index in [0.717, 1.165) is 31.2 Å². The van der Waals surface area contributed by atoms with Crippen molar-refractivity contribution in [1.29, 1.82) is 0 Å². The van der Waals surface area contributed by atoms with E-state index in [1.807, 2.05) is 37.3 Å². The lowest BCUT2D eigenvalue weighted by Gasteiger charge is -2.31. The molecule has 1 aliphatic rings.